The smallest absolute Gasteiger partial charge is 0.157 e. The predicted octanol–water partition coefficient (Wildman–Crippen LogP) is 3.17. The number of benzene rings is 1. The van der Waals surface area contributed by atoms with Crippen LogP contribution in [0.2, 0.25) is 0 Å². The van der Waals surface area contributed by atoms with Crippen molar-refractivity contribution in [1.29, 1.82) is 0 Å². The van der Waals surface area contributed by atoms with Crippen molar-refractivity contribution in [2.24, 2.45) is 7.05 Å². The summed E-state index contributed by atoms with van der Waals surface area (Å²) in [5.41, 5.74) is 3.01. The zero-order valence-corrected chi connectivity index (χ0v) is 11.7. The molecule has 0 saturated carbocycles. The van der Waals surface area contributed by atoms with E-state index in [1.165, 1.54) is 12.1 Å². The second kappa shape index (κ2) is 5.12. The Morgan fingerprint density at radius 1 is 1.14 bits per heavy atom. The number of nitrogens with one attached hydrogen (secondary N) is 1. The van der Waals surface area contributed by atoms with Crippen LogP contribution in [0.3, 0.4) is 0 Å². The molecule has 0 spiro atoms. The predicted molar refractivity (Wildman–Crippen MR) is 76.9 cm³/mol. The Labute approximate surface area is 120 Å². The van der Waals surface area contributed by atoms with E-state index in [0.29, 0.717) is 12.1 Å². The number of aromatic nitrogens is 3. The minimum absolute atomic E-state index is 0.321. The fourth-order valence-corrected chi connectivity index (χ4v) is 2.32. The molecule has 0 aliphatic rings. The summed E-state index contributed by atoms with van der Waals surface area (Å²) >= 11 is 0. The lowest BCUT2D eigenvalue weighted by molar-refractivity contribution is 0.580. The number of halogens is 2. The highest BCUT2D eigenvalue weighted by atomic mass is 19.1. The third-order valence-electron chi connectivity index (χ3n) is 3.28. The molecule has 108 valence electrons. The Morgan fingerprint density at radius 2 is 1.86 bits per heavy atom. The van der Waals surface area contributed by atoms with Crippen molar-refractivity contribution in [3.05, 3.63) is 53.4 Å². The SMILES string of the molecule is Cc1nn(C)c2ncc(NCc3cc(F)cc(F)c3)cc12. The zero-order chi connectivity index (χ0) is 15.0. The van der Waals surface area contributed by atoms with Crippen LogP contribution < -0.4 is 5.32 Å². The summed E-state index contributed by atoms with van der Waals surface area (Å²) < 4.78 is 28.0. The Kier molecular flexibility index (Phi) is 3.29. The molecule has 0 aliphatic heterocycles. The Morgan fingerprint density at radius 3 is 2.57 bits per heavy atom. The van der Waals surface area contributed by atoms with Gasteiger partial charge >= 0.3 is 0 Å². The number of hydrogen-bond acceptors (Lipinski definition) is 3. The van der Waals surface area contributed by atoms with E-state index in [1.54, 1.807) is 10.9 Å². The molecule has 0 aliphatic carbocycles. The molecule has 2 heterocycles. The maximum atomic E-state index is 13.1. The number of fused-ring (bicyclic) bond motifs is 1. The average molecular weight is 288 g/mol. The van der Waals surface area contributed by atoms with Gasteiger partial charge in [-0.3, -0.25) is 4.68 Å². The van der Waals surface area contributed by atoms with Gasteiger partial charge in [-0.2, -0.15) is 5.10 Å². The molecule has 0 saturated heterocycles. The lowest BCUT2D eigenvalue weighted by Gasteiger charge is -2.07. The van der Waals surface area contributed by atoms with Crippen LogP contribution in [0, 0.1) is 18.6 Å². The fraction of sp³-hybridized carbons (Fsp3) is 0.200. The number of anilines is 1. The normalized spacial score (nSPS) is 11.0. The standard InChI is InChI=1S/C15H14F2N4/c1-9-14-6-13(8-19-15(14)21(2)20-9)18-7-10-3-11(16)5-12(17)4-10/h3-6,8,18H,7H2,1-2H3. The molecule has 0 bridgehead atoms. The maximum Gasteiger partial charge on any atom is 0.157 e. The van der Waals surface area contributed by atoms with Gasteiger partial charge in [-0.15, -0.1) is 0 Å². The molecule has 0 amide bonds. The Balaban J connectivity index is 1.83. The first-order chi connectivity index (χ1) is 10.0. The highest BCUT2D eigenvalue weighted by Crippen LogP contribution is 2.20. The first-order valence-electron chi connectivity index (χ1n) is 6.51. The van der Waals surface area contributed by atoms with Crippen LogP contribution in [0.1, 0.15) is 11.3 Å². The van der Waals surface area contributed by atoms with Crippen LogP contribution >= 0.6 is 0 Å². The van der Waals surface area contributed by atoms with E-state index in [4.69, 9.17) is 0 Å². The number of aryl methyl sites for hydroxylation is 2. The molecule has 0 unspecified atom stereocenters. The largest absolute Gasteiger partial charge is 0.380 e. The van der Waals surface area contributed by atoms with Crippen molar-refractivity contribution in [3.63, 3.8) is 0 Å². The number of pyridine rings is 1. The molecule has 6 heteroatoms. The van der Waals surface area contributed by atoms with Gasteiger partial charge in [-0.25, -0.2) is 13.8 Å². The van der Waals surface area contributed by atoms with E-state index in [1.807, 2.05) is 20.0 Å². The minimum Gasteiger partial charge on any atom is -0.380 e. The number of rotatable bonds is 3. The summed E-state index contributed by atoms with van der Waals surface area (Å²) in [6.07, 6.45) is 1.68. The molecule has 3 rings (SSSR count). The fourth-order valence-electron chi connectivity index (χ4n) is 2.32. The average Bonchev–Trinajstić information content (AvgIpc) is 2.70. The molecule has 0 radical (unpaired) electrons. The summed E-state index contributed by atoms with van der Waals surface area (Å²) in [4.78, 5) is 4.34. The van der Waals surface area contributed by atoms with Crippen molar-refractivity contribution in [1.82, 2.24) is 14.8 Å². The van der Waals surface area contributed by atoms with Crippen molar-refractivity contribution in [3.8, 4) is 0 Å². The van der Waals surface area contributed by atoms with Gasteiger partial charge in [-0.1, -0.05) is 0 Å². The van der Waals surface area contributed by atoms with E-state index < -0.39 is 11.6 Å². The molecular formula is C15H14F2N4. The van der Waals surface area contributed by atoms with Gasteiger partial charge in [0, 0.05) is 25.0 Å². The summed E-state index contributed by atoms with van der Waals surface area (Å²) in [6, 6.07) is 5.39. The lowest BCUT2D eigenvalue weighted by Crippen LogP contribution is -2.01. The van der Waals surface area contributed by atoms with Gasteiger partial charge < -0.3 is 5.32 Å². The van der Waals surface area contributed by atoms with Crippen molar-refractivity contribution in [2.45, 2.75) is 13.5 Å². The molecular weight excluding hydrogens is 274 g/mol. The first kappa shape index (κ1) is 13.5. The quantitative estimate of drug-likeness (QED) is 0.805. The molecule has 2 aromatic heterocycles. The monoisotopic (exact) mass is 288 g/mol. The molecule has 3 aromatic rings. The van der Waals surface area contributed by atoms with E-state index in [0.717, 1.165) is 28.5 Å². The van der Waals surface area contributed by atoms with Crippen molar-refractivity contribution < 1.29 is 8.78 Å². The van der Waals surface area contributed by atoms with Crippen molar-refractivity contribution in [2.75, 3.05) is 5.32 Å². The molecule has 1 aromatic carbocycles. The summed E-state index contributed by atoms with van der Waals surface area (Å²) in [6.45, 7) is 2.23. The third kappa shape index (κ3) is 2.69. The van der Waals surface area contributed by atoms with Gasteiger partial charge in [0.1, 0.15) is 11.6 Å². The number of hydrogen-bond donors (Lipinski definition) is 1. The van der Waals surface area contributed by atoms with E-state index in [9.17, 15) is 8.78 Å². The van der Waals surface area contributed by atoms with Gasteiger partial charge in [0.25, 0.3) is 0 Å². The van der Waals surface area contributed by atoms with Gasteiger partial charge in [0.05, 0.1) is 17.6 Å². The van der Waals surface area contributed by atoms with Gasteiger partial charge in [-0.05, 0) is 30.7 Å². The van der Waals surface area contributed by atoms with Crippen LogP contribution in [-0.4, -0.2) is 14.8 Å². The summed E-state index contributed by atoms with van der Waals surface area (Å²) in [5.74, 6) is -1.16. The molecule has 21 heavy (non-hydrogen) atoms. The van der Waals surface area contributed by atoms with Gasteiger partial charge in [0.15, 0.2) is 5.65 Å². The topological polar surface area (TPSA) is 42.7 Å². The maximum absolute atomic E-state index is 13.1. The van der Waals surface area contributed by atoms with Crippen LogP contribution in [0.25, 0.3) is 11.0 Å². The minimum atomic E-state index is -0.580. The van der Waals surface area contributed by atoms with E-state index >= 15 is 0 Å². The third-order valence-corrected chi connectivity index (χ3v) is 3.28. The molecule has 0 atom stereocenters. The highest BCUT2D eigenvalue weighted by molar-refractivity contribution is 5.81. The molecule has 1 N–H and O–H groups in total. The second-order valence-electron chi connectivity index (χ2n) is 4.94. The zero-order valence-electron chi connectivity index (χ0n) is 11.7. The van der Waals surface area contributed by atoms with E-state index in [-0.39, 0.29) is 0 Å². The first-order valence-corrected chi connectivity index (χ1v) is 6.51. The Hall–Kier alpha value is -2.50. The summed E-state index contributed by atoms with van der Waals surface area (Å²) in [5, 5.41) is 8.36. The van der Waals surface area contributed by atoms with Gasteiger partial charge in [0.2, 0.25) is 0 Å². The van der Waals surface area contributed by atoms with Crippen LogP contribution in [0.4, 0.5) is 14.5 Å². The van der Waals surface area contributed by atoms with Crippen molar-refractivity contribution >= 4 is 16.7 Å². The lowest BCUT2D eigenvalue weighted by atomic mass is 10.2. The summed E-state index contributed by atoms with van der Waals surface area (Å²) in [7, 11) is 1.84. The van der Waals surface area contributed by atoms with E-state index in [2.05, 4.69) is 15.4 Å². The molecule has 0 fully saturated rings. The Bertz CT molecular complexity index is 791. The second-order valence-corrected chi connectivity index (χ2v) is 4.94. The highest BCUT2D eigenvalue weighted by Gasteiger charge is 2.07. The van der Waals surface area contributed by atoms with Crippen LogP contribution in [-0.2, 0) is 13.6 Å². The van der Waals surface area contributed by atoms with Crippen LogP contribution in [0.15, 0.2) is 30.5 Å². The molecule has 4 nitrogen and oxygen atoms in total. The number of nitrogens with zero attached hydrogens (tertiary/aromatic N) is 3. The van der Waals surface area contributed by atoms with Crippen LogP contribution in [0.5, 0.6) is 0 Å².